The van der Waals surface area contributed by atoms with Crippen LogP contribution in [0, 0.1) is 0 Å². The average molecular weight is 290 g/mol. The Kier molecular flexibility index (Phi) is 4.32. The maximum Gasteiger partial charge on any atom is 0.259 e. The zero-order valence-corrected chi connectivity index (χ0v) is 11.4. The van der Waals surface area contributed by atoms with Crippen molar-refractivity contribution in [3.63, 3.8) is 0 Å². The third-order valence-electron chi connectivity index (χ3n) is 2.49. The second-order valence-electron chi connectivity index (χ2n) is 4.03. The Morgan fingerprint density at radius 2 is 1.80 bits per heavy atom. The van der Waals surface area contributed by atoms with Gasteiger partial charge in [0.15, 0.2) is 0 Å². The molecule has 2 amide bonds. The molecule has 0 saturated heterocycles. The SMILES string of the molecule is CC(=O)Nc1cccc(Cl)c1C(=O)Nc1ccncc1. The quantitative estimate of drug-likeness (QED) is 0.912. The van der Waals surface area contributed by atoms with E-state index in [9.17, 15) is 9.59 Å². The predicted octanol–water partition coefficient (Wildman–Crippen LogP) is 2.95. The fraction of sp³-hybridized carbons (Fsp3) is 0.0714. The third kappa shape index (κ3) is 3.33. The molecule has 5 nitrogen and oxygen atoms in total. The normalized spacial score (nSPS) is 9.90. The number of nitrogens with one attached hydrogen (secondary N) is 2. The monoisotopic (exact) mass is 289 g/mol. The van der Waals surface area contributed by atoms with Crippen molar-refractivity contribution in [1.29, 1.82) is 0 Å². The van der Waals surface area contributed by atoms with Crippen LogP contribution >= 0.6 is 11.6 Å². The molecule has 0 radical (unpaired) electrons. The summed E-state index contributed by atoms with van der Waals surface area (Å²) in [7, 11) is 0. The summed E-state index contributed by atoms with van der Waals surface area (Å²) in [5.74, 6) is -0.671. The van der Waals surface area contributed by atoms with Gasteiger partial charge in [0.05, 0.1) is 16.3 Å². The number of carbonyl (C=O) groups is 2. The summed E-state index contributed by atoms with van der Waals surface area (Å²) in [4.78, 5) is 27.3. The van der Waals surface area contributed by atoms with Gasteiger partial charge in [-0.25, -0.2) is 0 Å². The lowest BCUT2D eigenvalue weighted by molar-refractivity contribution is -0.114. The van der Waals surface area contributed by atoms with E-state index >= 15 is 0 Å². The smallest absolute Gasteiger partial charge is 0.259 e. The highest BCUT2D eigenvalue weighted by Crippen LogP contribution is 2.25. The highest BCUT2D eigenvalue weighted by atomic mass is 35.5. The van der Waals surface area contributed by atoms with E-state index in [1.807, 2.05) is 0 Å². The molecule has 102 valence electrons. The fourth-order valence-corrected chi connectivity index (χ4v) is 1.94. The molecule has 0 fully saturated rings. The van der Waals surface area contributed by atoms with Crippen LogP contribution in [0.2, 0.25) is 5.02 Å². The number of halogens is 1. The number of amides is 2. The first-order valence-electron chi connectivity index (χ1n) is 5.85. The molecule has 0 aliphatic carbocycles. The van der Waals surface area contributed by atoms with Gasteiger partial charge in [0, 0.05) is 25.0 Å². The third-order valence-corrected chi connectivity index (χ3v) is 2.80. The van der Waals surface area contributed by atoms with Crippen LogP contribution in [0.5, 0.6) is 0 Å². The Hall–Kier alpha value is -2.40. The van der Waals surface area contributed by atoms with Crippen molar-refractivity contribution in [3.8, 4) is 0 Å². The molecule has 0 atom stereocenters. The summed E-state index contributed by atoms with van der Waals surface area (Å²) in [6.45, 7) is 1.37. The van der Waals surface area contributed by atoms with Gasteiger partial charge in [-0.2, -0.15) is 0 Å². The highest BCUT2D eigenvalue weighted by Gasteiger charge is 2.16. The second kappa shape index (κ2) is 6.16. The van der Waals surface area contributed by atoms with Crippen LogP contribution in [-0.4, -0.2) is 16.8 Å². The highest BCUT2D eigenvalue weighted by molar-refractivity contribution is 6.35. The zero-order valence-electron chi connectivity index (χ0n) is 10.7. The summed E-state index contributed by atoms with van der Waals surface area (Å²) < 4.78 is 0. The zero-order chi connectivity index (χ0) is 14.5. The fourth-order valence-electron chi connectivity index (χ4n) is 1.68. The molecular formula is C14H12ClN3O2. The van der Waals surface area contributed by atoms with Gasteiger partial charge in [0.2, 0.25) is 5.91 Å². The van der Waals surface area contributed by atoms with E-state index in [0.717, 1.165) is 0 Å². The van der Waals surface area contributed by atoms with Gasteiger partial charge in [-0.05, 0) is 24.3 Å². The lowest BCUT2D eigenvalue weighted by atomic mass is 10.1. The number of carbonyl (C=O) groups excluding carboxylic acids is 2. The second-order valence-corrected chi connectivity index (χ2v) is 4.44. The van der Waals surface area contributed by atoms with E-state index in [2.05, 4.69) is 15.6 Å². The summed E-state index contributed by atoms with van der Waals surface area (Å²) in [6, 6.07) is 8.19. The Bertz CT molecular complexity index is 644. The van der Waals surface area contributed by atoms with Crippen molar-refractivity contribution in [2.45, 2.75) is 6.92 Å². The lowest BCUT2D eigenvalue weighted by Gasteiger charge is -2.12. The van der Waals surface area contributed by atoms with Crippen molar-refractivity contribution >= 4 is 34.8 Å². The van der Waals surface area contributed by atoms with Gasteiger partial charge < -0.3 is 10.6 Å². The Balaban J connectivity index is 2.31. The van der Waals surface area contributed by atoms with Crippen LogP contribution in [0.1, 0.15) is 17.3 Å². The first kappa shape index (κ1) is 14.0. The number of rotatable bonds is 3. The number of anilines is 2. The van der Waals surface area contributed by atoms with E-state index in [0.29, 0.717) is 11.4 Å². The first-order valence-corrected chi connectivity index (χ1v) is 6.23. The van der Waals surface area contributed by atoms with Gasteiger partial charge in [0.25, 0.3) is 5.91 Å². The number of hydrogen-bond acceptors (Lipinski definition) is 3. The molecule has 0 spiro atoms. The van der Waals surface area contributed by atoms with E-state index in [4.69, 9.17) is 11.6 Å². The van der Waals surface area contributed by atoms with Crippen molar-refractivity contribution in [2.75, 3.05) is 10.6 Å². The molecule has 6 heteroatoms. The summed E-state index contributed by atoms with van der Waals surface area (Å²) in [5.41, 5.74) is 1.19. The molecule has 0 bridgehead atoms. The lowest BCUT2D eigenvalue weighted by Crippen LogP contribution is -2.17. The van der Waals surface area contributed by atoms with Crippen LogP contribution in [0.25, 0.3) is 0 Å². The molecule has 2 rings (SSSR count). The molecule has 2 aromatic rings. The molecule has 1 heterocycles. The standard InChI is InChI=1S/C14H12ClN3O2/c1-9(19)17-12-4-2-3-11(15)13(12)14(20)18-10-5-7-16-8-6-10/h2-8H,1H3,(H,17,19)(H,16,18,20). The van der Waals surface area contributed by atoms with Gasteiger partial charge in [-0.15, -0.1) is 0 Å². The molecule has 20 heavy (non-hydrogen) atoms. The average Bonchev–Trinajstić information content (AvgIpc) is 2.39. The predicted molar refractivity (Wildman–Crippen MR) is 77.9 cm³/mol. The van der Waals surface area contributed by atoms with Crippen LogP contribution < -0.4 is 10.6 Å². The minimum atomic E-state index is -0.398. The molecular weight excluding hydrogens is 278 g/mol. The Morgan fingerprint density at radius 3 is 2.45 bits per heavy atom. The Morgan fingerprint density at radius 1 is 1.10 bits per heavy atom. The van der Waals surface area contributed by atoms with Crippen molar-refractivity contribution < 1.29 is 9.59 Å². The van der Waals surface area contributed by atoms with Crippen molar-refractivity contribution in [3.05, 3.63) is 53.3 Å². The topological polar surface area (TPSA) is 71.1 Å². The van der Waals surface area contributed by atoms with Crippen LogP contribution in [-0.2, 0) is 4.79 Å². The molecule has 0 saturated carbocycles. The molecule has 1 aromatic carbocycles. The first-order chi connectivity index (χ1) is 9.58. The maximum absolute atomic E-state index is 12.3. The number of nitrogens with zero attached hydrogens (tertiary/aromatic N) is 1. The van der Waals surface area contributed by atoms with E-state index in [1.165, 1.54) is 6.92 Å². The molecule has 0 unspecified atom stereocenters. The van der Waals surface area contributed by atoms with E-state index < -0.39 is 5.91 Å². The van der Waals surface area contributed by atoms with Gasteiger partial charge in [0.1, 0.15) is 0 Å². The van der Waals surface area contributed by atoms with E-state index in [1.54, 1.807) is 42.7 Å². The summed E-state index contributed by atoms with van der Waals surface area (Å²) >= 11 is 6.05. The minimum absolute atomic E-state index is 0.223. The van der Waals surface area contributed by atoms with Gasteiger partial charge >= 0.3 is 0 Å². The van der Waals surface area contributed by atoms with Gasteiger partial charge in [-0.1, -0.05) is 17.7 Å². The molecule has 0 aliphatic heterocycles. The number of aromatic nitrogens is 1. The van der Waals surface area contributed by atoms with Crippen LogP contribution in [0.3, 0.4) is 0 Å². The van der Waals surface area contributed by atoms with Gasteiger partial charge in [-0.3, -0.25) is 14.6 Å². The number of pyridine rings is 1. The minimum Gasteiger partial charge on any atom is -0.326 e. The van der Waals surface area contributed by atoms with E-state index in [-0.39, 0.29) is 16.5 Å². The summed E-state index contributed by atoms with van der Waals surface area (Å²) in [6.07, 6.45) is 3.13. The Labute approximate surface area is 121 Å². The van der Waals surface area contributed by atoms with Crippen molar-refractivity contribution in [2.24, 2.45) is 0 Å². The molecule has 2 N–H and O–H groups in total. The largest absolute Gasteiger partial charge is 0.326 e. The maximum atomic E-state index is 12.3. The van der Waals surface area contributed by atoms with Crippen LogP contribution in [0.4, 0.5) is 11.4 Å². The number of hydrogen-bond donors (Lipinski definition) is 2. The number of benzene rings is 1. The van der Waals surface area contributed by atoms with Crippen LogP contribution in [0.15, 0.2) is 42.7 Å². The summed E-state index contributed by atoms with van der Waals surface area (Å²) in [5, 5.41) is 5.55. The van der Waals surface area contributed by atoms with Crippen molar-refractivity contribution in [1.82, 2.24) is 4.98 Å². The molecule has 1 aromatic heterocycles. The molecule has 0 aliphatic rings.